The van der Waals surface area contributed by atoms with Crippen molar-refractivity contribution in [2.45, 2.75) is 6.36 Å². The predicted octanol–water partition coefficient (Wildman–Crippen LogP) is 3.40. The minimum Gasteiger partial charge on any atom is -0.474 e. The summed E-state index contributed by atoms with van der Waals surface area (Å²) in [6.07, 6.45) is -4.80. The van der Waals surface area contributed by atoms with Gasteiger partial charge in [0.1, 0.15) is 11.5 Å². The van der Waals surface area contributed by atoms with Gasteiger partial charge in [0, 0.05) is 0 Å². The van der Waals surface area contributed by atoms with Crippen LogP contribution >= 0.6 is 0 Å². The Morgan fingerprint density at radius 1 is 0.958 bits per heavy atom. The van der Waals surface area contributed by atoms with Crippen LogP contribution in [0.3, 0.4) is 0 Å². The van der Waals surface area contributed by atoms with Crippen molar-refractivity contribution in [3.05, 3.63) is 48.5 Å². The summed E-state index contributed by atoms with van der Waals surface area (Å²) in [7, 11) is 0. The van der Waals surface area contributed by atoms with Gasteiger partial charge in [0.25, 0.3) is 0 Å². The van der Waals surface area contributed by atoms with Gasteiger partial charge in [0.2, 0.25) is 0 Å². The van der Waals surface area contributed by atoms with Crippen LogP contribution in [0.25, 0.3) is 0 Å². The molecule has 0 saturated carbocycles. The Balaban J connectivity index is 2.14. The van der Waals surface area contributed by atoms with Gasteiger partial charge in [-0.1, -0.05) is 12.1 Å². The number of rotatable bonds is 4. The molecule has 0 heterocycles. The van der Waals surface area contributed by atoms with E-state index in [0.717, 1.165) is 12.1 Å². The van der Waals surface area contributed by atoms with Crippen molar-refractivity contribution in [1.29, 1.82) is 0 Å². The molecule has 0 unspecified atom stereocenters. The normalized spacial score (nSPS) is 10.8. The highest BCUT2D eigenvalue weighted by atomic mass is 19.4. The fourth-order valence-electron chi connectivity index (χ4n) is 1.67. The number of alkyl halides is 3. The maximum Gasteiger partial charge on any atom is 0.573 e. The monoisotopic (exact) mass is 341 g/mol. The van der Waals surface area contributed by atoms with Gasteiger partial charge >= 0.3 is 18.2 Å². The van der Waals surface area contributed by atoms with E-state index in [4.69, 9.17) is 9.84 Å². The molecular weight excluding hydrogens is 331 g/mol. The first-order chi connectivity index (χ1) is 11.2. The number of carboxylic acids is 1. The number of benzene rings is 2. The molecule has 0 spiro atoms. The van der Waals surface area contributed by atoms with E-state index in [-0.39, 0.29) is 17.2 Å². The number of carboxylic acid groups (broad SMARTS) is 1. The summed E-state index contributed by atoms with van der Waals surface area (Å²) in [4.78, 5) is 21.8. The van der Waals surface area contributed by atoms with Gasteiger partial charge < -0.3 is 19.9 Å². The number of amides is 1. The van der Waals surface area contributed by atoms with Crippen LogP contribution in [0.2, 0.25) is 0 Å². The molecule has 9 heteroatoms. The second-order valence-corrected chi connectivity index (χ2v) is 4.38. The number of carbonyl (C=O) groups excluding carboxylic acids is 1. The van der Waals surface area contributed by atoms with Crippen LogP contribution in [0, 0.1) is 0 Å². The Labute approximate surface area is 133 Å². The molecule has 126 valence electrons. The van der Waals surface area contributed by atoms with E-state index >= 15 is 0 Å². The quantitative estimate of drug-likeness (QED) is 0.833. The van der Waals surface area contributed by atoms with Gasteiger partial charge in [-0.3, -0.25) is 4.79 Å². The summed E-state index contributed by atoms with van der Waals surface area (Å²) in [6.45, 7) is 0. The van der Waals surface area contributed by atoms with Crippen molar-refractivity contribution in [2.75, 3.05) is 5.32 Å². The maximum absolute atomic E-state index is 12.1. The highest BCUT2D eigenvalue weighted by Gasteiger charge is 2.31. The number of hydrogen-bond acceptors (Lipinski definition) is 4. The highest BCUT2D eigenvalue weighted by Crippen LogP contribution is 2.31. The summed E-state index contributed by atoms with van der Waals surface area (Å²) >= 11 is 0. The van der Waals surface area contributed by atoms with Gasteiger partial charge in [-0.15, -0.1) is 13.2 Å². The van der Waals surface area contributed by atoms with Crippen LogP contribution in [-0.2, 0) is 9.59 Å². The molecule has 2 N–H and O–H groups in total. The summed E-state index contributed by atoms with van der Waals surface area (Å²) < 4.78 is 45.4. The molecule has 0 radical (unpaired) electrons. The molecule has 2 rings (SSSR count). The smallest absolute Gasteiger partial charge is 0.474 e. The molecular formula is C15H10F3NO5. The Kier molecular flexibility index (Phi) is 4.93. The summed E-state index contributed by atoms with van der Waals surface area (Å²) in [5.41, 5.74) is 0.0977. The van der Waals surface area contributed by atoms with E-state index in [1.165, 1.54) is 24.3 Å². The van der Waals surface area contributed by atoms with Crippen LogP contribution in [0.15, 0.2) is 48.5 Å². The Hall–Kier alpha value is -3.23. The van der Waals surface area contributed by atoms with Gasteiger partial charge in [-0.25, -0.2) is 4.79 Å². The predicted molar refractivity (Wildman–Crippen MR) is 75.9 cm³/mol. The van der Waals surface area contributed by atoms with Crippen molar-refractivity contribution < 1.29 is 37.3 Å². The second kappa shape index (κ2) is 6.90. The largest absolute Gasteiger partial charge is 0.573 e. The highest BCUT2D eigenvalue weighted by molar-refractivity contribution is 6.36. The van der Waals surface area contributed by atoms with E-state index in [1.54, 1.807) is 12.1 Å². The Morgan fingerprint density at radius 2 is 1.54 bits per heavy atom. The van der Waals surface area contributed by atoms with E-state index in [1.807, 2.05) is 0 Å². The van der Waals surface area contributed by atoms with E-state index in [9.17, 15) is 22.8 Å². The average Bonchev–Trinajstić information content (AvgIpc) is 2.49. The van der Waals surface area contributed by atoms with Gasteiger partial charge in [0.05, 0.1) is 5.69 Å². The number of nitrogens with one attached hydrogen (secondary N) is 1. The average molecular weight is 341 g/mol. The lowest BCUT2D eigenvalue weighted by atomic mass is 10.2. The number of ether oxygens (including phenoxy) is 2. The molecule has 0 aliphatic heterocycles. The lowest BCUT2D eigenvalue weighted by Crippen LogP contribution is -2.22. The molecule has 0 saturated heterocycles. The zero-order chi connectivity index (χ0) is 17.7. The summed E-state index contributed by atoms with van der Waals surface area (Å²) in [5, 5.41) is 10.7. The molecule has 2 aromatic rings. The fraction of sp³-hybridized carbons (Fsp3) is 0.0667. The first-order valence-corrected chi connectivity index (χ1v) is 6.41. The van der Waals surface area contributed by atoms with E-state index in [2.05, 4.69) is 10.1 Å². The molecule has 6 nitrogen and oxygen atoms in total. The van der Waals surface area contributed by atoms with E-state index in [0.29, 0.717) is 0 Å². The maximum atomic E-state index is 12.1. The number of anilines is 1. The number of aliphatic carboxylic acids is 1. The lowest BCUT2D eigenvalue weighted by Gasteiger charge is -2.12. The topological polar surface area (TPSA) is 84.9 Å². The second-order valence-electron chi connectivity index (χ2n) is 4.38. The number of carbonyl (C=O) groups is 2. The van der Waals surface area contributed by atoms with Crippen molar-refractivity contribution in [3.8, 4) is 17.2 Å². The molecule has 0 bridgehead atoms. The Morgan fingerprint density at radius 3 is 2.12 bits per heavy atom. The van der Waals surface area contributed by atoms with Crippen molar-refractivity contribution >= 4 is 17.6 Å². The third-order valence-corrected chi connectivity index (χ3v) is 2.61. The number of para-hydroxylation sites is 2. The minimum absolute atomic E-state index is 0.0977. The standard InChI is InChI=1S/C15H10F3NO5/c16-15(17,18)24-10-7-5-9(6-8-10)23-12-4-2-1-3-11(12)19-13(20)14(21)22/h1-8H,(H,19,20)(H,21,22). The van der Waals surface area contributed by atoms with Gasteiger partial charge in [-0.2, -0.15) is 0 Å². The Bertz CT molecular complexity index is 744. The zero-order valence-corrected chi connectivity index (χ0v) is 11.8. The summed E-state index contributed by atoms with van der Waals surface area (Å²) in [5.74, 6) is -3.04. The molecule has 0 aliphatic rings. The van der Waals surface area contributed by atoms with Crippen LogP contribution in [0.1, 0.15) is 0 Å². The van der Waals surface area contributed by atoms with E-state index < -0.39 is 24.0 Å². The third kappa shape index (κ3) is 4.90. The molecule has 0 fully saturated rings. The first kappa shape index (κ1) is 17.1. The molecule has 0 aliphatic carbocycles. The van der Waals surface area contributed by atoms with Gasteiger partial charge in [0.15, 0.2) is 5.75 Å². The van der Waals surface area contributed by atoms with Crippen molar-refractivity contribution in [1.82, 2.24) is 0 Å². The zero-order valence-electron chi connectivity index (χ0n) is 11.8. The molecule has 0 aromatic heterocycles. The molecule has 1 amide bonds. The number of hydrogen-bond donors (Lipinski definition) is 2. The van der Waals surface area contributed by atoms with Crippen LogP contribution < -0.4 is 14.8 Å². The summed E-state index contributed by atoms with van der Waals surface area (Å²) in [6, 6.07) is 10.6. The number of halogens is 3. The van der Waals surface area contributed by atoms with Crippen LogP contribution in [-0.4, -0.2) is 23.3 Å². The minimum atomic E-state index is -4.80. The lowest BCUT2D eigenvalue weighted by molar-refractivity contribution is -0.274. The van der Waals surface area contributed by atoms with Crippen molar-refractivity contribution in [3.63, 3.8) is 0 Å². The first-order valence-electron chi connectivity index (χ1n) is 6.41. The van der Waals surface area contributed by atoms with Crippen molar-refractivity contribution in [2.24, 2.45) is 0 Å². The fourth-order valence-corrected chi connectivity index (χ4v) is 1.67. The van der Waals surface area contributed by atoms with Crippen LogP contribution in [0.5, 0.6) is 17.2 Å². The molecule has 0 atom stereocenters. The molecule has 2 aromatic carbocycles. The SMILES string of the molecule is O=C(O)C(=O)Nc1ccccc1Oc1ccc(OC(F)(F)F)cc1. The molecule has 24 heavy (non-hydrogen) atoms. The third-order valence-electron chi connectivity index (χ3n) is 2.61. The van der Waals surface area contributed by atoms with Crippen LogP contribution in [0.4, 0.5) is 18.9 Å². The van der Waals surface area contributed by atoms with Gasteiger partial charge in [-0.05, 0) is 36.4 Å².